The van der Waals surface area contributed by atoms with Gasteiger partial charge >= 0.3 is 0 Å². The Kier molecular flexibility index (Phi) is 4.65. The van der Waals surface area contributed by atoms with Crippen LogP contribution in [0.25, 0.3) is 0 Å². The number of aryl methyl sites for hydroxylation is 1. The van der Waals surface area contributed by atoms with E-state index in [1.807, 2.05) is 12.3 Å². The van der Waals surface area contributed by atoms with Crippen LogP contribution in [0.5, 0.6) is 0 Å². The third kappa shape index (κ3) is 3.62. The molecule has 1 unspecified atom stereocenters. The first-order chi connectivity index (χ1) is 9.22. The molecule has 1 aromatic heterocycles. The summed E-state index contributed by atoms with van der Waals surface area (Å²) >= 11 is 0. The molecule has 0 aliphatic heterocycles. The van der Waals surface area contributed by atoms with E-state index < -0.39 is 0 Å². The highest BCUT2D eigenvalue weighted by Gasteiger charge is 2.12. The Hall–Kier alpha value is -1.72. The molecular formula is C14H19FN4. The van der Waals surface area contributed by atoms with Crippen LogP contribution in [0.4, 0.5) is 4.39 Å². The van der Waals surface area contributed by atoms with E-state index >= 15 is 0 Å². The Morgan fingerprint density at radius 1 is 1.42 bits per heavy atom. The van der Waals surface area contributed by atoms with Crippen molar-refractivity contribution in [3.05, 3.63) is 53.9 Å². The molecular weight excluding hydrogens is 243 g/mol. The van der Waals surface area contributed by atoms with Gasteiger partial charge in [-0.3, -0.25) is 11.3 Å². The van der Waals surface area contributed by atoms with Crippen molar-refractivity contribution in [1.82, 2.24) is 15.0 Å². The molecule has 3 N–H and O–H groups in total. The molecule has 0 bridgehead atoms. The summed E-state index contributed by atoms with van der Waals surface area (Å²) in [6.07, 6.45) is 5.12. The number of imidazole rings is 1. The van der Waals surface area contributed by atoms with Crippen LogP contribution in [-0.2, 0) is 19.4 Å². The van der Waals surface area contributed by atoms with E-state index in [0.717, 1.165) is 17.9 Å². The number of nitrogens with one attached hydrogen (secondary N) is 1. The fraction of sp³-hybridized carbons (Fsp3) is 0.357. The third-order valence-corrected chi connectivity index (χ3v) is 3.18. The van der Waals surface area contributed by atoms with Gasteiger partial charge in [0.15, 0.2) is 0 Å². The zero-order valence-corrected chi connectivity index (χ0v) is 11.0. The van der Waals surface area contributed by atoms with E-state index in [-0.39, 0.29) is 11.9 Å². The lowest BCUT2D eigenvalue weighted by Crippen LogP contribution is -2.39. The molecule has 0 amide bonds. The summed E-state index contributed by atoms with van der Waals surface area (Å²) in [5.41, 5.74) is 3.71. The number of hydrogen-bond acceptors (Lipinski definition) is 3. The van der Waals surface area contributed by atoms with Crippen molar-refractivity contribution in [3.63, 3.8) is 0 Å². The third-order valence-electron chi connectivity index (χ3n) is 3.18. The normalized spacial score (nSPS) is 12.6. The largest absolute Gasteiger partial charge is 0.335 e. The van der Waals surface area contributed by atoms with Gasteiger partial charge in [0.2, 0.25) is 0 Å². The smallest absolute Gasteiger partial charge is 0.123 e. The van der Waals surface area contributed by atoms with Gasteiger partial charge in [-0.15, -0.1) is 0 Å². The molecule has 4 nitrogen and oxygen atoms in total. The van der Waals surface area contributed by atoms with E-state index in [0.29, 0.717) is 12.8 Å². The summed E-state index contributed by atoms with van der Waals surface area (Å²) in [6.45, 7) is 2.95. The molecule has 0 saturated heterocycles. The van der Waals surface area contributed by atoms with Crippen LogP contribution in [-0.4, -0.2) is 15.6 Å². The number of aromatic nitrogens is 2. The maximum absolute atomic E-state index is 13.1. The Labute approximate surface area is 112 Å². The molecule has 0 aliphatic rings. The van der Waals surface area contributed by atoms with Crippen LogP contribution in [0, 0.1) is 5.82 Å². The van der Waals surface area contributed by atoms with Crippen LogP contribution in [0.2, 0.25) is 0 Å². The average Bonchev–Trinajstić information content (AvgIpc) is 2.85. The summed E-state index contributed by atoms with van der Waals surface area (Å²) in [6, 6.07) is 6.63. The lowest BCUT2D eigenvalue weighted by Gasteiger charge is -2.16. The molecule has 2 rings (SSSR count). The summed E-state index contributed by atoms with van der Waals surface area (Å²) in [5.74, 6) is 6.35. The predicted octanol–water partition coefficient (Wildman–Crippen LogP) is 1.66. The molecule has 2 aromatic rings. The molecule has 1 heterocycles. The van der Waals surface area contributed by atoms with Crippen LogP contribution >= 0.6 is 0 Å². The Bertz CT molecular complexity index is 524. The highest BCUT2D eigenvalue weighted by atomic mass is 19.1. The maximum Gasteiger partial charge on any atom is 0.123 e. The highest BCUT2D eigenvalue weighted by molar-refractivity contribution is 5.17. The van der Waals surface area contributed by atoms with E-state index in [1.165, 1.54) is 12.1 Å². The Morgan fingerprint density at radius 3 is 2.95 bits per heavy atom. The number of nitrogens with zero attached hydrogens (tertiary/aromatic N) is 2. The van der Waals surface area contributed by atoms with Crippen molar-refractivity contribution < 1.29 is 4.39 Å². The number of halogens is 1. The van der Waals surface area contributed by atoms with Crippen LogP contribution < -0.4 is 11.3 Å². The first-order valence-corrected chi connectivity index (χ1v) is 6.43. The highest BCUT2D eigenvalue weighted by Crippen LogP contribution is 2.09. The average molecular weight is 262 g/mol. The fourth-order valence-electron chi connectivity index (χ4n) is 2.18. The minimum Gasteiger partial charge on any atom is -0.335 e. The molecule has 1 aromatic carbocycles. The SMILES string of the molecule is CCn1ccnc1CC(Cc1cccc(F)c1)NN. The van der Waals surface area contributed by atoms with Crippen molar-refractivity contribution in [1.29, 1.82) is 0 Å². The molecule has 5 heteroatoms. The summed E-state index contributed by atoms with van der Waals surface area (Å²) in [5, 5.41) is 0. The van der Waals surface area contributed by atoms with Gasteiger partial charge in [-0.25, -0.2) is 9.37 Å². The number of nitrogens with two attached hydrogens (primary N) is 1. The van der Waals surface area contributed by atoms with Gasteiger partial charge < -0.3 is 4.57 Å². The quantitative estimate of drug-likeness (QED) is 0.615. The van der Waals surface area contributed by atoms with E-state index in [1.54, 1.807) is 12.3 Å². The molecule has 0 radical (unpaired) electrons. The fourth-order valence-corrected chi connectivity index (χ4v) is 2.18. The van der Waals surface area contributed by atoms with Gasteiger partial charge in [-0.2, -0.15) is 0 Å². The van der Waals surface area contributed by atoms with Crippen LogP contribution in [0.3, 0.4) is 0 Å². The first-order valence-electron chi connectivity index (χ1n) is 6.43. The zero-order chi connectivity index (χ0) is 13.7. The lowest BCUT2D eigenvalue weighted by molar-refractivity contribution is 0.498. The Morgan fingerprint density at radius 2 is 2.26 bits per heavy atom. The second-order valence-electron chi connectivity index (χ2n) is 4.53. The number of benzene rings is 1. The molecule has 0 aliphatic carbocycles. The lowest BCUT2D eigenvalue weighted by atomic mass is 10.0. The van der Waals surface area contributed by atoms with Crippen molar-refractivity contribution in [2.24, 2.45) is 5.84 Å². The number of hydrazine groups is 1. The summed E-state index contributed by atoms with van der Waals surface area (Å²) in [4.78, 5) is 4.33. The molecule has 19 heavy (non-hydrogen) atoms. The molecule has 0 spiro atoms. The second kappa shape index (κ2) is 6.45. The van der Waals surface area contributed by atoms with Gasteiger partial charge in [-0.1, -0.05) is 12.1 Å². The maximum atomic E-state index is 13.1. The number of rotatable bonds is 6. The van der Waals surface area contributed by atoms with Crippen LogP contribution in [0.15, 0.2) is 36.7 Å². The van der Waals surface area contributed by atoms with Gasteiger partial charge in [-0.05, 0) is 31.0 Å². The predicted molar refractivity (Wildman–Crippen MR) is 72.8 cm³/mol. The van der Waals surface area contributed by atoms with Crippen molar-refractivity contribution in [2.75, 3.05) is 0 Å². The molecule has 0 fully saturated rings. The van der Waals surface area contributed by atoms with Crippen molar-refractivity contribution >= 4 is 0 Å². The molecule has 1 atom stereocenters. The van der Waals surface area contributed by atoms with Gasteiger partial charge in [0.25, 0.3) is 0 Å². The number of hydrogen-bond donors (Lipinski definition) is 2. The van der Waals surface area contributed by atoms with Crippen molar-refractivity contribution in [2.45, 2.75) is 32.4 Å². The zero-order valence-electron chi connectivity index (χ0n) is 11.0. The van der Waals surface area contributed by atoms with E-state index in [2.05, 4.69) is 21.9 Å². The van der Waals surface area contributed by atoms with Crippen molar-refractivity contribution in [3.8, 4) is 0 Å². The molecule has 0 saturated carbocycles. The van der Waals surface area contributed by atoms with Gasteiger partial charge in [0.1, 0.15) is 11.6 Å². The molecule has 102 valence electrons. The van der Waals surface area contributed by atoms with Gasteiger partial charge in [0, 0.05) is 31.4 Å². The summed E-state index contributed by atoms with van der Waals surface area (Å²) in [7, 11) is 0. The monoisotopic (exact) mass is 262 g/mol. The standard InChI is InChI=1S/C14H19FN4/c1-2-19-7-6-17-14(19)10-13(18-16)9-11-4-3-5-12(15)8-11/h3-8,13,18H,2,9-10,16H2,1H3. The topological polar surface area (TPSA) is 55.9 Å². The van der Waals surface area contributed by atoms with Crippen LogP contribution in [0.1, 0.15) is 18.3 Å². The second-order valence-corrected chi connectivity index (χ2v) is 4.53. The Balaban J connectivity index is 2.04. The van der Waals surface area contributed by atoms with E-state index in [4.69, 9.17) is 5.84 Å². The summed E-state index contributed by atoms with van der Waals surface area (Å²) < 4.78 is 15.2. The van der Waals surface area contributed by atoms with E-state index in [9.17, 15) is 4.39 Å². The first kappa shape index (κ1) is 13.7. The minimum absolute atomic E-state index is 0.0366. The minimum atomic E-state index is -0.219. The van der Waals surface area contributed by atoms with Gasteiger partial charge in [0.05, 0.1) is 0 Å².